The molecule has 1 unspecified atom stereocenters. The van der Waals surface area contributed by atoms with Gasteiger partial charge in [-0.1, -0.05) is 366 Å². The number of hydrogen-bond acceptors (Lipinski definition) is 6. The van der Waals surface area contributed by atoms with E-state index in [1.807, 2.05) is 0 Å². The molecule has 466 valence electrons. The average Bonchev–Trinajstić information content (AvgIpc) is 3.45. The summed E-state index contributed by atoms with van der Waals surface area (Å²) in [7, 11) is 0. The molecule has 0 rings (SSSR count). The highest BCUT2D eigenvalue weighted by Crippen LogP contribution is 2.19. The Morgan fingerprint density at radius 3 is 0.734 bits per heavy atom. The van der Waals surface area contributed by atoms with E-state index in [-0.39, 0.29) is 31.1 Å². The summed E-state index contributed by atoms with van der Waals surface area (Å²) < 4.78 is 16.9. The largest absolute Gasteiger partial charge is 0.462 e. The van der Waals surface area contributed by atoms with Crippen LogP contribution in [-0.2, 0) is 28.6 Å². The van der Waals surface area contributed by atoms with Crippen LogP contribution in [0.4, 0.5) is 0 Å². The fourth-order valence-corrected chi connectivity index (χ4v) is 11.1. The zero-order valence-corrected chi connectivity index (χ0v) is 53.7. The number of allylic oxidation sites excluding steroid dienone is 4. The molecule has 0 saturated carbocycles. The van der Waals surface area contributed by atoms with Crippen LogP contribution in [0.2, 0.25) is 0 Å². The van der Waals surface area contributed by atoms with Gasteiger partial charge in [0.05, 0.1) is 0 Å². The van der Waals surface area contributed by atoms with Crippen LogP contribution in [-0.4, -0.2) is 37.2 Å². The van der Waals surface area contributed by atoms with Crippen LogP contribution in [0.15, 0.2) is 24.3 Å². The molecule has 0 aromatic heterocycles. The molecule has 0 radical (unpaired) electrons. The van der Waals surface area contributed by atoms with Gasteiger partial charge in [-0.2, -0.15) is 0 Å². The summed E-state index contributed by atoms with van der Waals surface area (Å²) in [6, 6.07) is 0. The fourth-order valence-electron chi connectivity index (χ4n) is 11.1. The van der Waals surface area contributed by atoms with Gasteiger partial charge in [-0.05, 0) is 44.9 Å². The highest BCUT2D eigenvalue weighted by atomic mass is 16.6. The highest BCUT2D eigenvalue weighted by molar-refractivity contribution is 5.71. The average molecular weight is 1110 g/mol. The van der Waals surface area contributed by atoms with E-state index in [1.165, 1.54) is 289 Å². The van der Waals surface area contributed by atoms with Gasteiger partial charge in [0.15, 0.2) is 6.10 Å². The molecule has 0 heterocycles. The normalized spacial score (nSPS) is 12.1. The van der Waals surface area contributed by atoms with E-state index in [9.17, 15) is 14.4 Å². The van der Waals surface area contributed by atoms with Gasteiger partial charge in [0.1, 0.15) is 13.2 Å². The Kier molecular flexibility index (Phi) is 66.6. The second kappa shape index (κ2) is 68.4. The van der Waals surface area contributed by atoms with Crippen LogP contribution in [0.25, 0.3) is 0 Å². The topological polar surface area (TPSA) is 78.9 Å². The maximum atomic E-state index is 12.9. The lowest BCUT2D eigenvalue weighted by atomic mass is 10.0. The van der Waals surface area contributed by atoms with Crippen molar-refractivity contribution >= 4 is 17.9 Å². The minimum atomic E-state index is -0.774. The summed E-state index contributed by atoms with van der Waals surface area (Å²) in [6.45, 7) is 6.65. The highest BCUT2D eigenvalue weighted by Gasteiger charge is 2.19. The van der Waals surface area contributed by atoms with Crippen LogP contribution in [0.3, 0.4) is 0 Å². The maximum absolute atomic E-state index is 12.9. The third-order valence-corrected chi connectivity index (χ3v) is 16.5. The van der Waals surface area contributed by atoms with E-state index >= 15 is 0 Å². The van der Waals surface area contributed by atoms with Gasteiger partial charge < -0.3 is 14.2 Å². The molecule has 0 spiro atoms. The van der Waals surface area contributed by atoms with E-state index in [0.29, 0.717) is 19.3 Å². The Morgan fingerprint density at radius 2 is 0.468 bits per heavy atom. The zero-order chi connectivity index (χ0) is 57.1. The Hall–Kier alpha value is -2.11. The number of carbonyl (C=O) groups excluding carboxylic acids is 3. The van der Waals surface area contributed by atoms with E-state index in [2.05, 4.69) is 45.1 Å². The number of rotatable bonds is 67. The second-order valence-corrected chi connectivity index (χ2v) is 24.5. The summed E-state index contributed by atoms with van der Waals surface area (Å²) in [6.07, 6.45) is 83.9. The fraction of sp³-hybridized carbons (Fsp3) is 0.904. The number of esters is 3. The van der Waals surface area contributed by atoms with Crippen molar-refractivity contribution in [3.63, 3.8) is 0 Å². The summed E-state index contributed by atoms with van der Waals surface area (Å²) in [4.78, 5) is 38.3. The minimum Gasteiger partial charge on any atom is -0.462 e. The SMILES string of the molecule is CCCC/C=C\C/C=C\CCCCCCCC(=O)OC(COC(=O)CCCCCCCCCCCCCC)COC(=O)CCCCCCCCCCCCCCCCCCCCCCCCCCCCCCCCCCCCC. The smallest absolute Gasteiger partial charge is 0.306 e. The van der Waals surface area contributed by atoms with Crippen LogP contribution >= 0.6 is 0 Å². The monoisotopic (exact) mass is 1110 g/mol. The zero-order valence-electron chi connectivity index (χ0n) is 53.7. The number of ether oxygens (including phenoxy) is 3. The van der Waals surface area contributed by atoms with Crippen molar-refractivity contribution in [2.24, 2.45) is 0 Å². The van der Waals surface area contributed by atoms with Gasteiger partial charge >= 0.3 is 17.9 Å². The molecule has 79 heavy (non-hydrogen) atoms. The molecule has 0 saturated heterocycles. The van der Waals surface area contributed by atoms with Crippen molar-refractivity contribution in [1.29, 1.82) is 0 Å². The molecule has 6 nitrogen and oxygen atoms in total. The third-order valence-electron chi connectivity index (χ3n) is 16.5. The van der Waals surface area contributed by atoms with Crippen molar-refractivity contribution in [2.45, 2.75) is 412 Å². The van der Waals surface area contributed by atoms with Gasteiger partial charge in [0.25, 0.3) is 0 Å². The van der Waals surface area contributed by atoms with Gasteiger partial charge in [0, 0.05) is 19.3 Å². The van der Waals surface area contributed by atoms with Crippen molar-refractivity contribution in [3.8, 4) is 0 Å². The first-order chi connectivity index (χ1) is 39.0. The van der Waals surface area contributed by atoms with Gasteiger partial charge in [-0.15, -0.1) is 0 Å². The quantitative estimate of drug-likeness (QED) is 0.0261. The Balaban J connectivity index is 3.99. The van der Waals surface area contributed by atoms with Crippen LogP contribution < -0.4 is 0 Å². The van der Waals surface area contributed by atoms with E-state index in [1.54, 1.807) is 0 Å². The van der Waals surface area contributed by atoms with Gasteiger partial charge in [0.2, 0.25) is 0 Å². The number of carbonyl (C=O) groups is 3. The van der Waals surface area contributed by atoms with Gasteiger partial charge in [-0.3, -0.25) is 14.4 Å². The van der Waals surface area contributed by atoms with Crippen molar-refractivity contribution in [3.05, 3.63) is 24.3 Å². The van der Waals surface area contributed by atoms with E-state index < -0.39 is 6.10 Å². The Bertz CT molecular complexity index is 1270. The van der Waals surface area contributed by atoms with Crippen LogP contribution in [0, 0.1) is 0 Å². The molecular weight excluding hydrogens is 973 g/mol. The first kappa shape index (κ1) is 76.9. The second-order valence-electron chi connectivity index (χ2n) is 24.5. The third kappa shape index (κ3) is 66.6. The predicted octanol–water partition coefficient (Wildman–Crippen LogP) is 24.6. The van der Waals surface area contributed by atoms with Crippen LogP contribution in [0.1, 0.15) is 406 Å². The van der Waals surface area contributed by atoms with E-state index in [0.717, 1.165) is 77.0 Å². The summed E-state index contributed by atoms with van der Waals surface area (Å²) in [5.41, 5.74) is 0. The predicted molar refractivity (Wildman–Crippen MR) is 344 cm³/mol. The lowest BCUT2D eigenvalue weighted by molar-refractivity contribution is -0.167. The van der Waals surface area contributed by atoms with Crippen LogP contribution in [0.5, 0.6) is 0 Å². The molecule has 1 atom stereocenters. The first-order valence-corrected chi connectivity index (χ1v) is 35.8. The molecular formula is C73H138O6. The molecule has 0 aliphatic carbocycles. The van der Waals surface area contributed by atoms with E-state index in [4.69, 9.17) is 14.2 Å². The summed E-state index contributed by atoms with van der Waals surface area (Å²) in [5, 5.41) is 0. The molecule has 0 aromatic carbocycles. The lowest BCUT2D eigenvalue weighted by Crippen LogP contribution is -2.30. The molecule has 6 heteroatoms. The Labute approximate surface area is 493 Å². The summed E-state index contributed by atoms with van der Waals surface area (Å²) >= 11 is 0. The summed E-state index contributed by atoms with van der Waals surface area (Å²) in [5.74, 6) is -0.859. The molecule has 0 aliphatic heterocycles. The molecule has 0 N–H and O–H groups in total. The van der Waals surface area contributed by atoms with Gasteiger partial charge in [-0.25, -0.2) is 0 Å². The lowest BCUT2D eigenvalue weighted by Gasteiger charge is -2.18. The first-order valence-electron chi connectivity index (χ1n) is 35.8. The minimum absolute atomic E-state index is 0.0712. The Morgan fingerprint density at radius 1 is 0.253 bits per heavy atom. The standard InChI is InChI=1S/C73H138O6/c1-4-7-10-13-16-19-22-25-27-28-29-30-31-32-33-34-35-36-37-38-39-40-41-42-43-44-45-46-47-49-51-54-57-60-63-66-72(75)78-69-70(68-77-71(74)65-62-59-56-53-50-24-21-18-15-12-9-6-3)79-73(76)67-64-61-58-55-52-48-26-23-20-17-14-11-8-5-2/h14,17,23,26,70H,4-13,15-16,18-22,24-25,27-69H2,1-3H3/b17-14-,26-23-. The molecule has 0 amide bonds. The van der Waals surface area contributed by atoms with Crippen molar-refractivity contribution < 1.29 is 28.6 Å². The number of unbranched alkanes of at least 4 members (excludes halogenated alkanes) is 52. The molecule has 0 fully saturated rings. The molecule has 0 aliphatic rings. The molecule has 0 aromatic rings. The number of hydrogen-bond donors (Lipinski definition) is 0. The van der Waals surface area contributed by atoms with Crippen molar-refractivity contribution in [2.75, 3.05) is 13.2 Å². The van der Waals surface area contributed by atoms with Crippen molar-refractivity contribution in [1.82, 2.24) is 0 Å². The molecule has 0 bridgehead atoms. The maximum Gasteiger partial charge on any atom is 0.306 e.